The summed E-state index contributed by atoms with van der Waals surface area (Å²) in [6, 6.07) is 5.52. The van der Waals surface area contributed by atoms with Gasteiger partial charge in [0.05, 0.1) is 6.61 Å². The van der Waals surface area contributed by atoms with Crippen molar-refractivity contribution >= 4 is 27.6 Å². The van der Waals surface area contributed by atoms with Crippen molar-refractivity contribution in [1.82, 2.24) is 0 Å². The van der Waals surface area contributed by atoms with Crippen LogP contribution in [0.5, 0.6) is 0 Å². The van der Waals surface area contributed by atoms with Crippen molar-refractivity contribution in [2.75, 3.05) is 11.9 Å². The predicted octanol–water partition coefficient (Wildman–Crippen LogP) is 3.12. The second-order valence-electron chi connectivity index (χ2n) is 3.55. The van der Waals surface area contributed by atoms with Gasteiger partial charge in [0.2, 0.25) is 0 Å². The second-order valence-corrected chi connectivity index (χ2v) is 4.35. The Bertz CT molecular complexity index is 379. The zero-order valence-electron chi connectivity index (χ0n) is 9.71. The summed E-state index contributed by atoms with van der Waals surface area (Å²) >= 11 is 3.48. The second kappa shape index (κ2) is 5.89. The Balaban J connectivity index is 2.73. The van der Waals surface area contributed by atoms with Crippen LogP contribution in [0.2, 0.25) is 0 Å². The largest absolute Gasteiger partial charge is 0.464 e. The smallest absolute Gasteiger partial charge is 0.328 e. The Kier molecular flexibility index (Phi) is 4.80. The molecule has 4 heteroatoms. The van der Waals surface area contributed by atoms with Crippen LogP contribution in [0.3, 0.4) is 0 Å². The van der Waals surface area contributed by atoms with E-state index in [-0.39, 0.29) is 12.0 Å². The standard InChI is InChI=1S/C12H16BrNO2/c1-4-16-12(15)9(3)14-10-7-5-6-8(2)11(10)13/h5-7,9,14H,4H2,1-3H3. The lowest BCUT2D eigenvalue weighted by molar-refractivity contribution is -0.143. The van der Waals surface area contributed by atoms with Crippen LogP contribution in [0.15, 0.2) is 22.7 Å². The Morgan fingerprint density at radius 3 is 2.88 bits per heavy atom. The predicted molar refractivity (Wildman–Crippen MR) is 68.6 cm³/mol. The fourth-order valence-electron chi connectivity index (χ4n) is 1.32. The lowest BCUT2D eigenvalue weighted by Crippen LogP contribution is -2.28. The van der Waals surface area contributed by atoms with Crippen molar-refractivity contribution in [3.8, 4) is 0 Å². The molecule has 0 bridgehead atoms. The fourth-order valence-corrected chi connectivity index (χ4v) is 1.70. The van der Waals surface area contributed by atoms with E-state index >= 15 is 0 Å². The first kappa shape index (κ1) is 13.0. The number of aryl methyl sites for hydroxylation is 1. The molecule has 0 radical (unpaired) electrons. The van der Waals surface area contributed by atoms with E-state index in [1.165, 1.54) is 0 Å². The zero-order valence-corrected chi connectivity index (χ0v) is 11.3. The minimum atomic E-state index is -0.349. The number of carbonyl (C=O) groups excluding carboxylic acids is 1. The number of carbonyl (C=O) groups is 1. The molecule has 1 aromatic carbocycles. The molecule has 0 saturated carbocycles. The lowest BCUT2D eigenvalue weighted by Gasteiger charge is -2.15. The molecule has 0 heterocycles. The third kappa shape index (κ3) is 3.23. The molecule has 3 nitrogen and oxygen atoms in total. The summed E-state index contributed by atoms with van der Waals surface area (Å²) in [6.07, 6.45) is 0. The van der Waals surface area contributed by atoms with Crippen molar-refractivity contribution in [3.63, 3.8) is 0 Å². The summed E-state index contributed by atoms with van der Waals surface area (Å²) in [5, 5.41) is 3.11. The van der Waals surface area contributed by atoms with Crippen molar-refractivity contribution in [2.45, 2.75) is 26.8 Å². The van der Waals surface area contributed by atoms with Gasteiger partial charge in [-0.2, -0.15) is 0 Å². The maximum Gasteiger partial charge on any atom is 0.328 e. The fraction of sp³-hybridized carbons (Fsp3) is 0.417. The van der Waals surface area contributed by atoms with E-state index in [9.17, 15) is 4.79 Å². The molecule has 88 valence electrons. The van der Waals surface area contributed by atoms with Crippen molar-refractivity contribution in [2.24, 2.45) is 0 Å². The third-order valence-corrected chi connectivity index (χ3v) is 3.26. The number of ether oxygens (including phenoxy) is 1. The summed E-state index contributed by atoms with van der Waals surface area (Å²) in [5.74, 6) is -0.240. The number of benzene rings is 1. The zero-order chi connectivity index (χ0) is 12.1. The molecule has 0 amide bonds. The summed E-state index contributed by atoms with van der Waals surface area (Å²) in [7, 11) is 0. The quantitative estimate of drug-likeness (QED) is 0.864. The van der Waals surface area contributed by atoms with Gasteiger partial charge in [0.1, 0.15) is 6.04 Å². The van der Waals surface area contributed by atoms with E-state index in [4.69, 9.17) is 4.74 Å². The van der Waals surface area contributed by atoms with Crippen LogP contribution in [0.1, 0.15) is 19.4 Å². The highest BCUT2D eigenvalue weighted by Gasteiger charge is 2.14. The molecule has 0 aliphatic carbocycles. The van der Waals surface area contributed by atoms with Gasteiger partial charge in [0.25, 0.3) is 0 Å². The van der Waals surface area contributed by atoms with Gasteiger partial charge in [0, 0.05) is 10.2 Å². The number of nitrogens with one attached hydrogen (secondary N) is 1. The number of rotatable bonds is 4. The average molecular weight is 286 g/mol. The minimum Gasteiger partial charge on any atom is -0.464 e. The Morgan fingerprint density at radius 1 is 1.56 bits per heavy atom. The molecule has 1 rings (SSSR count). The molecule has 0 aromatic heterocycles. The van der Waals surface area contributed by atoms with Gasteiger partial charge < -0.3 is 10.1 Å². The number of anilines is 1. The molecule has 0 aliphatic heterocycles. The van der Waals surface area contributed by atoms with E-state index in [2.05, 4.69) is 21.2 Å². The van der Waals surface area contributed by atoms with Crippen LogP contribution in [0, 0.1) is 6.92 Å². The minimum absolute atomic E-state index is 0.240. The third-order valence-electron chi connectivity index (χ3n) is 2.20. The molecule has 1 N–H and O–H groups in total. The average Bonchev–Trinajstić information content (AvgIpc) is 2.25. The van der Waals surface area contributed by atoms with Crippen molar-refractivity contribution in [1.29, 1.82) is 0 Å². The summed E-state index contributed by atoms with van der Waals surface area (Å²) in [4.78, 5) is 11.4. The molecular weight excluding hydrogens is 270 g/mol. The van der Waals surface area contributed by atoms with E-state index in [0.29, 0.717) is 6.61 Å². The normalized spacial score (nSPS) is 12.0. The van der Waals surface area contributed by atoms with E-state index in [1.54, 1.807) is 13.8 Å². The van der Waals surface area contributed by atoms with Crippen LogP contribution in [-0.4, -0.2) is 18.6 Å². The Hall–Kier alpha value is -1.03. The molecule has 0 spiro atoms. The van der Waals surface area contributed by atoms with Crippen LogP contribution in [-0.2, 0) is 9.53 Å². The monoisotopic (exact) mass is 285 g/mol. The van der Waals surface area contributed by atoms with E-state index in [0.717, 1.165) is 15.7 Å². The van der Waals surface area contributed by atoms with Gasteiger partial charge in [-0.1, -0.05) is 12.1 Å². The van der Waals surface area contributed by atoms with Crippen LogP contribution in [0.25, 0.3) is 0 Å². The van der Waals surface area contributed by atoms with Crippen molar-refractivity contribution in [3.05, 3.63) is 28.2 Å². The topological polar surface area (TPSA) is 38.3 Å². The Morgan fingerprint density at radius 2 is 2.25 bits per heavy atom. The van der Waals surface area contributed by atoms with E-state index in [1.807, 2.05) is 25.1 Å². The van der Waals surface area contributed by atoms with Gasteiger partial charge >= 0.3 is 5.97 Å². The molecule has 16 heavy (non-hydrogen) atoms. The SMILES string of the molecule is CCOC(=O)C(C)Nc1cccc(C)c1Br. The number of halogens is 1. The summed E-state index contributed by atoms with van der Waals surface area (Å²) in [6.45, 7) is 5.99. The van der Waals surface area contributed by atoms with Gasteiger partial charge in [-0.25, -0.2) is 4.79 Å². The highest BCUT2D eigenvalue weighted by Crippen LogP contribution is 2.26. The Labute approximate surface area is 104 Å². The summed E-state index contributed by atoms with van der Waals surface area (Å²) in [5.41, 5.74) is 2.03. The highest BCUT2D eigenvalue weighted by molar-refractivity contribution is 9.10. The number of hydrogen-bond acceptors (Lipinski definition) is 3. The maximum atomic E-state index is 11.4. The van der Waals surface area contributed by atoms with Crippen LogP contribution in [0.4, 0.5) is 5.69 Å². The van der Waals surface area contributed by atoms with Crippen LogP contribution < -0.4 is 5.32 Å². The first-order chi connectivity index (χ1) is 7.56. The van der Waals surface area contributed by atoms with Gasteiger partial charge in [-0.05, 0) is 48.3 Å². The maximum absolute atomic E-state index is 11.4. The van der Waals surface area contributed by atoms with E-state index < -0.39 is 0 Å². The molecular formula is C12H16BrNO2. The molecule has 0 aliphatic rings. The first-order valence-corrected chi connectivity index (χ1v) is 6.03. The van der Waals surface area contributed by atoms with Gasteiger partial charge in [0.15, 0.2) is 0 Å². The van der Waals surface area contributed by atoms with Crippen molar-refractivity contribution < 1.29 is 9.53 Å². The van der Waals surface area contributed by atoms with Gasteiger partial charge in [-0.15, -0.1) is 0 Å². The molecule has 0 saturated heterocycles. The number of esters is 1. The molecule has 1 aromatic rings. The van der Waals surface area contributed by atoms with Crippen LogP contribution >= 0.6 is 15.9 Å². The first-order valence-electron chi connectivity index (χ1n) is 5.24. The molecule has 0 fully saturated rings. The number of hydrogen-bond donors (Lipinski definition) is 1. The molecule has 1 atom stereocenters. The lowest BCUT2D eigenvalue weighted by atomic mass is 10.2. The highest BCUT2D eigenvalue weighted by atomic mass is 79.9. The van der Waals surface area contributed by atoms with Gasteiger partial charge in [-0.3, -0.25) is 0 Å². The molecule has 1 unspecified atom stereocenters. The summed E-state index contributed by atoms with van der Waals surface area (Å²) < 4.78 is 5.91.